The molecule has 4 N–H and O–H groups in total. The number of carbonyl (C=O) groups is 1. The summed E-state index contributed by atoms with van der Waals surface area (Å²) in [5.41, 5.74) is 5.27. The summed E-state index contributed by atoms with van der Waals surface area (Å²) in [6.07, 6.45) is 1.32. The Balaban J connectivity index is 3.76. The second-order valence-electron chi connectivity index (χ2n) is 2.37. The highest BCUT2D eigenvalue weighted by Crippen LogP contribution is 1.97. The lowest BCUT2D eigenvalue weighted by molar-refractivity contribution is -0.143. The molecule has 0 aliphatic carbocycles. The molecular formula is C7H16N2O3. The van der Waals surface area contributed by atoms with Crippen molar-refractivity contribution >= 4 is 5.97 Å². The Morgan fingerprint density at radius 2 is 2.42 bits per heavy atom. The summed E-state index contributed by atoms with van der Waals surface area (Å²) in [6, 6.07) is -0.441. The van der Waals surface area contributed by atoms with Crippen LogP contribution in [0.3, 0.4) is 0 Å². The third-order valence-electron chi connectivity index (χ3n) is 1.52. The lowest BCUT2D eigenvalue weighted by atomic mass is 10.1. The van der Waals surface area contributed by atoms with Gasteiger partial charge in [0.05, 0.1) is 13.8 Å². The molecule has 72 valence electrons. The Morgan fingerprint density at radius 1 is 1.75 bits per heavy atom. The van der Waals surface area contributed by atoms with Gasteiger partial charge in [-0.05, 0) is 19.4 Å². The monoisotopic (exact) mass is 176 g/mol. The van der Waals surface area contributed by atoms with Crippen molar-refractivity contribution in [1.29, 1.82) is 0 Å². The fourth-order valence-electron chi connectivity index (χ4n) is 0.878. The first-order valence-electron chi connectivity index (χ1n) is 3.88. The molecule has 0 saturated heterocycles. The zero-order valence-corrected chi connectivity index (χ0v) is 7.25. The average molecular weight is 176 g/mol. The molecule has 0 aliphatic heterocycles. The lowest BCUT2D eigenvalue weighted by Crippen LogP contribution is -2.38. The number of nitrogens with two attached hydrogens (primary N) is 1. The minimum absolute atomic E-state index is 0.232. The van der Waals surface area contributed by atoms with Crippen molar-refractivity contribution < 1.29 is 14.6 Å². The highest BCUT2D eigenvalue weighted by molar-refractivity contribution is 5.75. The van der Waals surface area contributed by atoms with Crippen LogP contribution in [0.1, 0.15) is 12.8 Å². The molecule has 0 fully saturated rings. The first-order chi connectivity index (χ1) is 5.76. The molecule has 0 saturated carbocycles. The fourth-order valence-corrected chi connectivity index (χ4v) is 0.878. The quantitative estimate of drug-likeness (QED) is 0.350. The van der Waals surface area contributed by atoms with Gasteiger partial charge in [0.15, 0.2) is 0 Å². The van der Waals surface area contributed by atoms with Crippen LogP contribution >= 0.6 is 0 Å². The van der Waals surface area contributed by atoms with Gasteiger partial charge in [0.2, 0.25) is 0 Å². The second-order valence-corrected chi connectivity index (χ2v) is 2.37. The number of hydrogen-bond donors (Lipinski definition) is 3. The average Bonchev–Trinajstić information content (AvgIpc) is 2.11. The molecule has 0 aromatic heterocycles. The smallest absolute Gasteiger partial charge is 0.322 e. The maximum Gasteiger partial charge on any atom is 0.322 e. The molecule has 0 spiro atoms. The Morgan fingerprint density at radius 3 is 2.83 bits per heavy atom. The number of hydrogen-bond acceptors (Lipinski definition) is 5. The van der Waals surface area contributed by atoms with Gasteiger partial charge in [0.25, 0.3) is 0 Å². The number of nitrogens with one attached hydrogen (secondary N) is 1. The highest BCUT2D eigenvalue weighted by atomic mass is 16.5. The van der Waals surface area contributed by atoms with Crippen molar-refractivity contribution in [3.05, 3.63) is 0 Å². The summed E-state index contributed by atoms with van der Waals surface area (Å²) in [4.78, 5) is 11.0. The van der Waals surface area contributed by atoms with Gasteiger partial charge in [0, 0.05) is 0 Å². The minimum atomic E-state index is -0.441. The molecule has 5 nitrogen and oxygen atoms in total. The molecular weight excluding hydrogens is 160 g/mol. The van der Waals surface area contributed by atoms with E-state index in [0.29, 0.717) is 13.0 Å². The third kappa shape index (κ3) is 4.27. The Bertz CT molecular complexity index is 130. The molecule has 0 amide bonds. The molecule has 0 radical (unpaired) electrons. The summed E-state index contributed by atoms with van der Waals surface area (Å²) in [5, 5.41) is 11.1. The van der Waals surface area contributed by atoms with Gasteiger partial charge >= 0.3 is 5.97 Å². The molecule has 0 aromatic carbocycles. The minimum Gasteiger partial charge on any atom is -0.468 e. The molecule has 1 unspecified atom stereocenters. The van der Waals surface area contributed by atoms with Crippen LogP contribution < -0.4 is 11.1 Å². The number of rotatable bonds is 6. The van der Waals surface area contributed by atoms with Crippen LogP contribution in [0.5, 0.6) is 0 Å². The SMILES string of the molecule is COC(=O)C(CCCN)NCO. The van der Waals surface area contributed by atoms with E-state index in [1.54, 1.807) is 0 Å². The highest BCUT2D eigenvalue weighted by Gasteiger charge is 2.16. The summed E-state index contributed by atoms with van der Waals surface area (Å²) in [7, 11) is 1.32. The number of methoxy groups -OCH3 is 1. The molecule has 12 heavy (non-hydrogen) atoms. The molecule has 0 bridgehead atoms. The maximum absolute atomic E-state index is 11.0. The Hall–Kier alpha value is -0.650. The zero-order valence-electron chi connectivity index (χ0n) is 7.25. The first kappa shape index (κ1) is 11.4. The number of ether oxygens (including phenoxy) is 1. The zero-order chi connectivity index (χ0) is 9.40. The lowest BCUT2D eigenvalue weighted by Gasteiger charge is -2.13. The van der Waals surface area contributed by atoms with E-state index in [2.05, 4.69) is 10.1 Å². The van der Waals surface area contributed by atoms with Crippen LogP contribution in [0.25, 0.3) is 0 Å². The van der Waals surface area contributed by atoms with Gasteiger partial charge in [0.1, 0.15) is 6.04 Å². The second kappa shape index (κ2) is 7.02. The maximum atomic E-state index is 11.0. The Kier molecular flexibility index (Phi) is 6.64. The molecule has 0 aliphatic rings. The number of esters is 1. The van der Waals surface area contributed by atoms with E-state index in [1.807, 2.05) is 0 Å². The molecule has 5 heteroatoms. The number of aliphatic hydroxyl groups excluding tert-OH is 1. The molecule has 0 aromatic rings. The normalized spacial score (nSPS) is 12.6. The topological polar surface area (TPSA) is 84.6 Å². The van der Waals surface area contributed by atoms with Gasteiger partial charge < -0.3 is 15.6 Å². The van der Waals surface area contributed by atoms with Crippen molar-refractivity contribution in [2.75, 3.05) is 20.4 Å². The first-order valence-corrected chi connectivity index (χ1v) is 3.88. The largest absolute Gasteiger partial charge is 0.468 e. The van der Waals surface area contributed by atoms with E-state index in [1.165, 1.54) is 7.11 Å². The van der Waals surface area contributed by atoms with Crippen molar-refractivity contribution in [2.24, 2.45) is 5.73 Å². The Labute approximate surface area is 71.9 Å². The van der Waals surface area contributed by atoms with Gasteiger partial charge in [-0.2, -0.15) is 0 Å². The van der Waals surface area contributed by atoms with E-state index < -0.39 is 6.04 Å². The van der Waals surface area contributed by atoms with Gasteiger partial charge in [-0.3, -0.25) is 10.1 Å². The summed E-state index contributed by atoms with van der Waals surface area (Å²) in [6.45, 7) is 0.297. The van der Waals surface area contributed by atoms with Gasteiger partial charge in [-0.15, -0.1) is 0 Å². The van der Waals surface area contributed by atoms with Crippen molar-refractivity contribution in [3.8, 4) is 0 Å². The van der Waals surface area contributed by atoms with Crippen molar-refractivity contribution in [3.63, 3.8) is 0 Å². The predicted octanol–water partition coefficient (Wildman–Crippen LogP) is -1.19. The van der Waals surface area contributed by atoms with Crippen molar-refractivity contribution in [1.82, 2.24) is 5.32 Å². The number of aliphatic hydroxyl groups is 1. The van der Waals surface area contributed by atoms with E-state index in [9.17, 15) is 4.79 Å². The van der Waals surface area contributed by atoms with E-state index in [4.69, 9.17) is 10.8 Å². The van der Waals surface area contributed by atoms with Crippen LogP contribution in [0.2, 0.25) is 0 Å². The van der Waals surface area contributed by atoms with Crippen LogP contribution in [-0.4, -0.2) is 37.5 Å². The summed E-state index contributed by atoms with van der Waals surface area (Å²) in [5.74, 6) is -0.363. The van der Waals surface area contributed by atoms with Crippen LogP contribution in [0.15, 0.2) is 0 Å². The van der Waals surface area contributed by atoms with Crippen LogP contribution in [-0.2, 0) is 9.53 Å². The molecule has 1 atom stereocenters. The van der Waals surface area contributed by atoms with Gasteiger partial charge in [-0.25, -0.2) is 0 Å². The van der Waals surface area contributed by atoms with E-state index >= 15 is 0 Å². The van der Waals surface area contributed by atoms with Crippen LogP contribution in [0.4, 0.5) is 0 Å². The molecule has 0 rings (SSSR count). The van der Waals surface area contributed by atoms with Crippen LogP contribution in [0, 0.1) is 0 Å². The summed E-state index contributed by atoms with van der Waals surface area (Å²) >= 11 is 0. The standard InChI is InChI=1S/C7H16N2O3/c1-12-7(11)6(9-5-10)3-2-4-8/h6,9-10H,2-5,8H2,1H3. The van der Waals surface area contributed by atoms with E-state index in [0.717, 1.165) is 6.42 Å². The summed E-state index contributed by atoms with van der Waals surface area (Å²) < 4.78 is 4.51. The number of carbonyl (C=O) groups excluding carboxylic acids is 1. The van der Waals surface area contributed by atoms with Gasteiger partial charge in [-0.1, -0.05) is 0 Å². The predicted molar refractivity (Wildman–Crippen MR) is 44.3 cm³/mol. The molecule has 0 heterocycles. The van der Waals surface area contributed by atoms with Crippen molar-refractivity contribution in [2.45, 2.75) is 18.9 Å². The third-order valence-corrected chi connectivity index (χ3v) is 1.52. The fraction of sp³-hybridized carbons (Fsp3) is 0.857. The van der Waals surface area contributed by atoms with E-state index in [-0.39, 0.29) is 12.7 Å².